The minimum Gasteiger partial charge on any atom is -0.444 e. The van der Waals surface area contributed by atoms with Crippen LogP contribution in [0, 0.1) is 5.92 Å². The molecule has 0 unspecified atom stereocenters. The molecule has 20 heavy (non-hydrogen) atoms. The molecule has 1 aliphatic heterocycles. The normalized spacial score (nSPS) is 27.9. The van der Waals surface area contributed by atoms with Gasteiger partial charge < -0.3 is 10.1 Å². The molecule has 0 aromatic heterocycles. The summed E-state index contributed by atoms with van der Waals surface area (Å²) in [6.07, 6.45) is 3.03. The van der Waals surface area contributed by atoms with Crippen LogP contribution in [-0.4, -0.2) is 18.2 Å². The molecule has 2 fully saturated rings. The number of carbonyl (C=O) groups is 1. The molecule has 2 atom stereocenters. The van der Waals surface area contributed by atoms with Gasteiger partial charge >= 0.3 is 6.09 Å². The van der Waals surface area contributed by atoms with Gasteiger partial charge in [-0.2, -0.15) is 0 Å². The molecule has 1 N–H and O–H groups in total. The van der Waals surface area contributed by atoms with E-state index in [0.717, 1.165) is 17.9 Å². The largest absolute Gasteiger partial charge is 0.444 e. The molecule has 1 saturated heterocycles. The van der Waals surface area contributed by atoms with E-state index in [2.05, 4.69) is 31.3 Å². The van der Waals surface area contributed by atoms with Gasteiger partial charge in [-0.25, -0.2) is 4.79 Å². The highest BCUT2D eigenvalue weighted by Crippen LogP contribution is 2.49. The maximum absolute atomic E-state index is 11.7. The SMILES string of the molecule is CC(C)[C@@H]1OC(=O)N[C@H]1C1(c2ccc(Cl)cc2)CCC1. The smallest absolute Gasteiger partial charge is 0.407 e. The van der Waals surface area contributed by atoms with E-state index in [0.29, 0.717) is 5.92 Å². The summed E-state index contributed by atoms with van der Waals surface area (Å²) in [7, 11) is 0. The van der Waals surface area contributed by atoms with E-state index in [1.807, 2.05) is 12.1 Å². The van der Waals surface area contributed by atoms with Gasteiger partial charge in [0, 0.05) is 10.4 Å². The van der Waals surface area contributed by atoms with Gasteiger partial charge in [0.05, 0.1) is 6.04 Å². The lowest BCUT2D eigenvalue weighted by atomic mass is 9.58. The van der Waals surface area contributed by atoms with Gasteiger partial charge in [0.25, 0.3) is 0 Å². The fourth-order valence-corrected chi connectivity index (χ4v) is 3.65. The molecule has 1 amide bonds. The van der Waals surface area contributed by atoms with Crippen molar-refractivity contribution in [3.05, 3.63) is 34.9 Å². The number of hydrogen-bond acceptors (Lipinski definition) is 2. The standard InChI is InChI=1S/C16H20ClNO2/c1-10(2)13-14(18-15(19)20-13)16(8-3-9-16)11-4-6-12(17)7-5-11/h4-7,10,13-14H,3,8-9H2,1-2H3,(H,18,19)/t13-,14+/m0/s1. The number of amides is 1. The molecule has 1 aromatic carbocycles. The fourth-order valence-electron chi connectivity index (χ4n) is 3.53. The van der Waals surface area contributed by atoms with Crippen LogP contribution in [0.4, 0.5) is 4.79 Å². The topological polar surface area (TPSA) is 38.3 Å². The highest BCUT2D eigenvalue weighted by molar-refractivity contribution is 6.30. The van der Waals surface area contributed by atoms with Crippen LogP contribution in [-0.2, 0) is 10.2 Å². The average Bonchev–Trinajstić information content (AvgIpc) is 2.73. The van der Waals surface area contributed by atoms with Gasteiger partial charge in [0.1, 0.15) is 6.10 Å². The Bertz CT molecular complexity index is 508. The summed E-state index contributed by atoms with van der Waals surface area (Å²) < 4.78 is 5.49. The molecular weight excluding hydrogens is 274 g/mol. The van der Waals surface area contributed by atoms with Crippen molar-refractivity contribution in [3.8, 4) is 0 Å². The molecule has 1 saturated carbocycles. The number of halogens is 1. The highest BCUT2D eigenvalue weighted by atomic mass is 35.5. The quantitative estimate of drug-likeness (QED) is 0.918. The van der Waals surface area contributed by atoms with Crippen molar-refractivity contribution in [2.45, 2.75) is 50.7 Å². The van der Waals surface area contributed by atoms with Crippen molar-refractivity contribution in [1.82, 2.24) is 5.32 Å². The molecular formula is C16H20ClNO2. The van der Waals surface area contributed by atoms with Crippen LogP contribution in [0.25, 0.3) is 0 Å². The molecule has 4 heteroatoms. The summed E-state index contributed by atoms with van der Waals surface area (Å²) in [5.74, 6) is 0.309. The predicted molar refractivity (Wildman–Crippen MR) is 79.0 cm³/mol. The van der Waals surface area contributed by atoms with Crippen molar-refractivity contribution in [1.29, 1.82) is 0 Å². The molecule has 1 aliphatic carbocycles. The Hall–Kier alpha value is -1.22. The van der Waals surface area contributed by atoms with Gasteiger partial charge in [-0.3, -0.25) is 0 Å². The van der Waals surface area contributed by atoms with E-state index >= 15 is 0 Å². The number of cyclic esters (lactones) is 1. The van der Waals surface area contributed by atoms with Crippen molar-refractivity contribution in [3.63, 3.8) is 0 Å². The van der Waals surface area contributed by atoms with Crippen molar-refractivity contribution in [2.75, 3.05) is 0 Å². The van der Waals surface area contributed by atoms with Crippen LogP contribution in [0.15, 0.2) is 24.3 Å². The Morgan fingerprint density at radius 3 is 2.45 bits per heavy atom. The second kappa shape index (κ2) is 4.96. The Morgan fingerprint density at radius 1 is 1.30 bits per heavy atom. The average molecular weight is 294 g/mol. The summed E-state index contributed by atoms with van der Waals surface area (Å²) in [4.78, 5) is 11.7. The molecule has 0 bridgehead atoms. The Balaban J connectivity index is 1.96. The van der Waals surface area contributed by atoms with Crippen LogP contribution in [0.5, 0.6) is 0 Å². The van der Waals surface area contributed by atoms with E-state index in [4.69, 9.17) is 16.3 Å². The third-order valence-electron chi connectivity index (χ3n) is 4.76. The first-order valence-electron chi connectivity index (χ1n) is 7.26. The number of ether oxygens (including phenoxy) is 1. The Labute approximate surface area is 124 Å². The van der Waals surface area contributed by atoms with Gasteiger partial charge in [0.2, 0.25) is 0 Å². The molecule has 1 aromatic rings. The van der Waals surface area contributed by atoms with E-state index in [9.17, 15) is 4.79 Å². The molecule has 3 rings (SSSR count). The number of nitrogens with one attached hydrogen (secondary N) is 1. The zero-order valence-electron chi connectivity index (χ0n) is 11.9. The lowest BCUT2D eigenvalue weighted by Crippen LogP contribution is -2.55. The zero-order valence-corrected chi connectivity index (χ0v) is 12.6. The number of benzene rings is 1. The van der Waals surface area contributed by atoms with Crippen LogP contribution < -0.4 is 5.32 Å². The Morgan fingerprint density at radius 2 is 1.95 bits per heavy atom. The maximum atomic E-state index is 11.7. The summed E-state index contributed by atoms with van der Waals surface area (Å²) in [6, 6.07) is 8.09. The van der Waals surface area contributed by atoms with Crippen molar-refractivity contribution < 1.29 is 9.53 Å². The van der Waals surface area contributed by atoms with Gasteiger partial charge in [-0.1, -0.05) is 44.0 Å². The van der Waals surface area contributed by atoms with Crippen LogP contribution in [0.2, 0.25) is 5.02 Å². The summed E-state index contributed by atoms with van der Waals surface area (Å²) >= 11 is 5.99. The third-order valence-corrected chi connectivity index (χ3v) is 5.01. The molecule has 108 valence electrons. The second-order valence-corrected chi connectivity index (χ2v) is 6.69. The highest BCUT2D eigenvalue weighted by Gasteiger charge is 2.53. The van der Waals surface area contributed by atoms with E-state index in [1.54, 1.807) is 0 Å². The number of hydrogen-bond donors (Lipinski definition) is 1. The van der Waals surface area contributed by atoms with E-state index < -0.39 is 0 Å². The van der Waals surface area contributed by atoms with Crippen molar-refractivity contribution >= 4 is 17.7 Å². The molecule has 1 heterocycles. The second-order valence-electron chi connectivity index (χ2n) is 6.25. The molecule has 3 nitrogen and oxygen atoms in total. The minimum absolute atomic E-state index is 0.00564. The molecule has 2 aliphatic rings. The van der Waals surface area contributed by atoms with Crippen LogP contribution in [0.3, 0.4) is 0 Å². The van der Waals surface area contributed by atoms with Gasteiger partial charge in [-0.05, 0) is 36.5 Å². The predicted octanol–water partition coefficient (Wildman–Crippen LogP) is 3.89. The first kappa shape index (κ1) is 13.7. The summed E-state index contributed by atoms with van der Waals surface area (Å²) in [6.45, 7) is 4.21. The Kier molecular flexibility index (Phi) is 3.41. The first-order chi connectivity index (χ1) is 9.53. The number of rotatable bonds is 3. The van der Waals surface area contributed by atoms with E-state index in [-0.39, 0.29) is 23.7 Å². The van der Waals surface area contributed by atoms with Crippen LogP contribution in [0.1, 0.15) is 38.7 Å². The minimum atomic E-state index is -0.283. The number of carbonyl (C=O) groups excluding carboxylic acids is 1. The molecule has 0 spiro atoms. The van der Waals surface area contributed by atoms with E-state index in [1.165, 1.54) is 12.0 Å². The summed E-state index contributed by atoms with van der Waals surface area (Å²) in [5.41, 5.74) is 1.26. The number of alkyl carbamates (subject to hydrolysis) is 1. The lowest BCUT2D eigenvalue weighted by molar-refractivity contribution is 0.0618. The third kappa shape index (κ3) is 2.08. The fraction of sp³-hybridized carbons (Fsp3) is 0.562. The zero-order chi connectivity index (χ0) is 14.3. The maximum Gasteiger partial charge on any atom is 0.407 e. The molecule has 0 radical (unpaired) electrons. The van der Waals surface area contributed by atoms with Crippen LogP contribution >= 0.6 is 11.6 Å². The summed E-state index contributed by atoms with van der Waals surface area (Å²) in [5, 5.41) is 3.79. The van der Waals surface area contributed by atoms with Crippen molar-refractivity contribution in [2.24, 2.45) is 5.92 Å². The monoisotopic (exact) mass is 293 g/mol. The van der Waals surface area contributed by atoms with Gasteiger partial charge in [0.15, 0.2) is 0 Å². The van der Waals surface area contributed by atoms with Gasteiger partial charge in [-0.15, -0.1) is 0 Å². The lowest BCUT2D eigenvalue weighted by Gasteiger charge is -2.48. The first-order valence-corrected chi connectivity index (χ1v) is 7.64.